The third-order valence-electron chi connectivity index (χ3n) is 5.20. The minimum Gasteiger partial charge on any atom is -0.493 e. The van der Waals surface area contributed by atoms with Gasteiger partial charge in [-0.15, -0.1) is 0 Å². The van der Waals surface area contributed by atoms with Crippen LogP contribution in [-0.2, 0) is 19.7 Å². The molecule has 0 radical (unpaired) electrons. The van der Waals surface area contributed by atoms with E-state index in [9.17, 15) is 0 Å². The van der Waals surface area contributed by atoms with Crippen molar-refractivity contribution >= 4 is 15.9 Å². The van der Waals surface area contributed by atoms with E-state index in [-0.39, 0.29) is 13.6 Å². The van der Waals surface area contributed by atoms with Gasteiger partial charge >= 0.3 is 0 Å². The van der Waals surface area contributed by atoms with E-state index >= 15 is 0 Å². The lowest BCUT2D eigenvalue weighted by molar-refractivity contribution is 0.173. The molecule has 0 saturated carbocycles. The van der Waals surface area contributed by atoms with E-state index < -0.39 is 0 Å². The van der Waals surface area contributed by atoms with Crippen LogP contribution in [0.5, 0.6) is 34.5 Å². The van der Waals surface area contributed by atoms with Crippen LogP contribution in [0.4, 0.5) is 0 Å². The van der Waals surface area contributed by atoms with Crippen LogP contribution in [0.25, 0.3) is 0 Å². The Morgan fingerprint density at radius 3 is 2.12 bits per heavy atom. The van der Waals surface area contributed by atoms with E-state index in [1.54, 1.807) is 7.11 Å². The van der Waals surface area contributed by atoms with Gasteiger partial charge in [0.2, 0.25) is 13.6 Å². The minimum atomic E-state index is 0.253. The lowest BCUT2D eigenvalue weighted by atomic mass is 10.1. The summed E-state index contributed by atoms with van der Waals surface area (Å²) in [4.78, 5) is 0. The van der Waals surface area contributed by atoms with E-state index in [0.29, 0.717) is 31.2 Å². The molecule has 7 nitrogen and oxygen atoms in total. The minimum absolute atomic E-state index is 0.253. The van der Waals surface area contributed by atoms with Crippen molar-refractivity contribution in [2.75, 3.05) is 20.7 Å². The summed E-state index contributed by atoms with van der Waals surface area (Å²) >= 11 is 3.62. The second kappa shape index (κ2) is 9.18. The predicted molar refractivity (Wildman–Crippen MR) is 121 cm³/mol. The number of fused-ring (bicyclic) bond motifs is 2. The molecule has 0 saturated heterocycles. The average molecular weight is 500 g/mol. The summed E-state index contributed by atoms with van der Waals surface area (Å²) in [5, 5.41) is 3.45. The van der Waals surface area contributed by atoms with E-state index in [2.05, 4.69) is 21.2 Å². The number of methoxy groups -OCH3 is 1. The fraction of sp³-hybridized carbons (Fsp3) is 0.250. The van der Waals surface area contributed by atoms with Gasteiger partial charge in [-0.2, -0.15) is 0 Å². The van der Waals surface area contributed by atoms with Gasteiger partial charge in [0.1, 0.15) is 6.61 Å². The monoisotopic (exact) mass is 499 g/mol. The van der Waals surface area contributed by atoms with Crippen LogP contribution in [0.1, 0.15) is 16.7 Å². The zero-order valence-electron chi connectivity index (χ0n) is 17.5. The molecule has 0 aliphatic carbocycles. The van der Waals surface area contributed by atoms with E-state index in [1.807, 2.05) is 48.5 Å². The molecule has 0 aromatic heterocycles. The third kappa shape index (κ3) is 4.42. The lowest BCUT2D eigenvalue weighted by Gasteiger charge is -2.15. The summed E-state index contributed by atoms with van der Waals surface area (Å²) in [6.07, 6.45) is 0. The number of nitrogens with one attached hydrogen (secondary N) is 1. The van der Waals surface area contributed by atoms with Crippen LogP contribution in [0.3, 0.4) is 0 Å². The van der Waals surface area contributed by atoms with Crippen molar-refractivity contribution in [3.8, 4) is 34.5 Å². The smallest absolute Gasteiger partial charge is 0.231 e. The van der Waals surface area contributed by atoms with Crippen molar-refractivity contribution in [2.24, 2.45) is 0 Å². The number of rotatable bonds is 8. The topological polar surface area (TPSA) is 67.4 Å². The fourth-order valence-corrected chi connectivity index (χ4v) is 4.21. The number of halogens is 1. The van der Waals surface area contributed by atoms with Crippen LogP contribution in [0.15, 0.2) is 53.0 Å². The summed E-state index contributed by atoms with van der Waals surface area (Å²) in [5.74, 6) is 4.40. The standard InChI is InChI=1S/C24H22BrNO6/c1-27-23-9-17(11-26-10-15-2-4-19-21(7-15)31-13-29-19)6-18(25)24(23)28-12-16-3-5-20-22(8-16)32-14-30-20/h2-9,26H,10-14H2,1H3. The molecule has 0 unspecified atom stereocenters. The number of ether oxygens (including phenoxy) is 6. The van der Waals surface area contributed by atoms with Gasteiger partial charge in [0.25, 0.3) is 0 Å². The van der Waals surface area contributed by atoms with Gasteiger partial charge in [0, 0.05) is 13.1 Å². The molecule has 2 aliphatic heterocycles. The Labute approximate surface area is 194 Å². The normalized spacial score (nSPS) is 13.3. The molecular formula is C24H22BrNO6. The SMILES string of the molecule is COc1cc(CNCc2ccc3c(c2)OCO3)cc(Br)c1OCc1ccc2c(c1)OCO2. The molecule has 166 valence electrons. The summed E-state index contributed by atoms with van der Waals surface area (Å²) in [5.41, 5.74) is 3.19. The van der Waals surface area contributed by atoms with Crippen LogP contribution < -0.4 is 33.7 Å². The average Bonchev–Trinajstić information content (AvgIpc) is 3.46. The first-order valence-corrected chi connectivity index (χ1v) is 11.0. The van der Waals surface area contributed by atoms with Gasteiger partial charge < -0.3 is 33.7 Å². The Balaban J connectivity index is 1.22. The van der Waals surface area contributed by atoms with Crippen molar-refractivity contribution in [1.29, 1.82) is 0 Å². The molecule has 2 aliphatic rings. The van der Waals surface area contributed by atoms with Crippen molar-refractivity contribution in [2.45, 2.75) is 19.7 Å². The van der Waals surface area contributed by atoms with Crippen LogP contribution >= 0.6 is 15.9 Å². The third-order valence-corrected chi connectivity index (χ3v) is 5.79. The summed E-state index contributed by atoms with van der Waals surface area (Å²) in [7, 11) is 1.64. The summed E-state index contributed by atoms with van der Waals surface area (Å²) < 4.78 is 34.1. The van der Waals surface area contributed by atoms with Gasteiger partial charge in [-0.25, -0.2) is 0 Å². The van der Waals surface area contributed by atoms with E-state index in [1.165, 1.54) is 0 Å². The highest BCUT2D eigenvalue weighted by molar-refractivity contribution is 9.10. The van der Waals surface area contributed by atoms with E-state index in [0.717, 1.165) is 44.2 Å². The molecule has 1 N–H and O–H groups in total. The molecule has 0 amide bonds. The number of hydrogen-bond donors (Lipinski definition) is 1. The molecule has 0 spiro atoms. The van der Waals surface area contributed by atoms with Gasteiger partial charge in [0.15, 0.2) is 34.5 Å². The highest BCUT2D eigenvalue weighted by Gasteiger charge is 2.16. The van der Waals surface area contributed by atoms with E-state index in [4.69, 9.17) is 28.4 Å². The lowest BCUT2D eigenvalue weighted by Crippen LogP contribution is -2.13. The van der Waals surface area contributed by atoms with Gasteiger partial charge in [0.05, 0.1) is 11.6 Å². The second-order valence-corrected chi connectivity index (χ2v) is 8.23. The van der Waals surface area contributed by atoms with Crippen molar-refractivity contribution in [1.82, 2.24) is 5.32 Å². The zero-order chi connectivity index (χ0) is 21.9. The maximum absolute atomic E-state index is 6.06. The molecule has 0 fully saturated rings. The molecule has 5 rings (SSSR count). The first-order chi connectivity index (χ1) is 15.7. The van der Waals surface area contributed by atoms with Crippen LogP contribution in [0.2, 0.25) is 0 Å². The maximum Gasteiger partial charge on any atom is 0.231 e. The molecule has 8 heteroatoms. The van der Waals surface area contributed by atoms with Crippen molar-refractivity contribution in [3.05, 3.63) is 69.7 Å². The molecular weight excluding hydrogens is 478 g/mol. The zero-order valence-corrected chi connectivity index (χ0v) is 19.1. The molecule has 32 heavy (non-hydrogen) atoms. The Kier molecular flexibility index (Phi) is 5.96. The molecule has 3 aromatic carbocycles. The van der Waals surface area contributed by atoms with Crippen molar-refractivity contribution < 1.29 is 28.4 Å². The molecule has 3 aromatic rings. The highest BCUT2D eigenvalue weighted by atomic mass is 79.9. The summed E-state index contributed by atoms with van der Waals surface area (Å²) in [6.45, 7) is 2.30. The summed E-state index contributed by atoms with van der Waals surface area (Å²) in [6, 6.07) is 15.8. The first kappa shape index (κ1) is 20.8. The van der Waals surface area contributed by atoms with Gasteiger partial charge in [-0.3, -0.25) is 0 Å². The van der Waals surface area contributed by atoms with Gasteiger partial charge in [-0.1, -0.05) is 12.1 Å². The highest BCUT2D eigenvalue weighted by Crippen LogP contribution is 2.38. The number of hydrogen-bond acceptors (Lipinski definition) is 7. The van der Waals surface area contributed by atoms with Crippen molar-refractivity contribution in [3.63, 3.8) is 0 Å². The molecule has 0 bridgehead atoms. The maximum atomic E-state index is 6.06. The Morgan fingerprint density at radius 1 is 0.781 bits per heavy atom. The van der Waals surface area contributed by atoms with Gasteiger partial charge in [-0.05, 0) is 69.0 Å². The fourth-order valence-electron chi connectivity index (χ4n) is 3.60. The largest absolute Gasteiger partial charge is 0.493 e. The first-order valence-electron chi connectivity index (χ1n) is 10.2. The molecule has 0 atom stereocenters. The Hall–Kier alpha value is -3.10. The number of benzene rings is 3. The Bertz CT molecular complexity index is 1140. The Morgan fingerprint density at radius 2 is 1.41 bits per heavy atom. The predicted octanol–water partition coefficient (Wildman–Crippen LogP) is 4.78. The quantitative estimate of drug-likeness (QED) is 0.478. The van der Waals surface area contributed by atoms with Crippen LogP contribution in [0, 0.1) is 0 Å². The molecule has 2 heterocycles. The second-order valence-electron chi connectivity index (χ2n) is 7.38. The van der Waals surface area contributed by atoms with Crippen LogP contribution in [-0.4, -0.2) is 20.7 Å².